The molecule has 164 valence electrons. The molecule has 1 aliphatic heterocycles. The first kappa shape index (κ1) is 21.8. The van der Waals surface area contributed by atoms with Crippen LogP contribution in [0.4, 0.5) is 0 Å². The Morgan fingerprint density at radius 2 is 1.74 bits per heavy atom. The van der Waals surface area contributed by atoms with E-state index >= 15 is 0 Å². The van der Waals surface area contributed by atoms with Crippen molar-refractivity contribution in [2.45, 2.75) is 11.4 Å². The van der Waals surface area contributed by atoms with Gasteiger partial charge < -0.3 is 9.47 Å². The molecule has 0 N–H and O–H groups in total. The van der Waals surface area contributed by atoms with E-state index in [0.29, 0.717) is 44.2 Å². The Bertz CT molecular complexity index is 1120. The van der Waals surface area contributed by atoms with Gasteiger partial charge in [0, 0.05) is 43.2 Å². The van der Waals surface area contributed by atoms with Crippen molar-refractivity contribution in [3.8, 4) is 22.8 Å². The largest absolute Gasteiger partial charge is 0.497 e. The van der Waals surface area contributed by atoms with Gasteiger partial charge in [-0.05, 0) is 12.1 Å². The van der Waals surface area contributed by atoms with E-state index in [9.17, 15) is 8.42 Å². The number of piperazine rings is 1. The zero-order chi connectivity index (χ0) is 21.8. The van der Waals surface area contributed by atoms with Crippen molar-refractivity contribution >= 4 is 21.4 Å². The van der Waals surface area contributed by atoms with Crippen LogP contribution in [-0.4, -0.2) is 63.0 Å². The SMILES string of the molecule is COc1ccc(OC)c(S(=O)(=O)N2CCN(Cc3nc(-c4ccccc4)cs3)CC2)c1. The monoisotopic (exact) mass is 459 g/mol. The summed E-state index contributed by atoms with van der Waals surface area (Å²) in [6.45, 7) is 2.84. The summed E-state index contributed by atoms with van der Waals surface area (Å²) in [4.78, 5) is 7.12. The number of rotatable bonds is 7. The molecule has 1 fully saturated rings. The van der Waals surface area contributed by atoms with Crippen LogP contribution in [0, 0.1) is 0 Å². The molecule has 0 saturated carbocycles. The normalized spacial score (nSPS) is 15.7. The van der Waals surface area contributed by atoms with E-state index in [4.69, 9.17) is 14.5 Å². The second-order valence-corrected chi connectivity index (χ2v) is 10.0. The molecule has 0 unspecified atom stereocenters. The number of hydrogen-bond donors (Lipinski definition) is 0. The van der Waals surface area contributed by atoms with E-state index in [-0.39, 0.29) is 4.90 Å². The maximum absolute atomic E-state index is 13.2. The van der Waals surface area contributed by atoms with Crippen molar-refractivity contribution in [1.29, 1.82) is 0 Å². The Morgan fingerprint density at radius 1 is 1.00 bits per heavy atom. The number of ether oxygens (including phenoxy) is 2. The van der Waals surface area contributed by atoms with Gasteiger partial charge >= 0.3 is 0 Å². The minimum Gasteiger partial charge on any atom is -0.497 e. The van der Waals surface area contributed by atoms with Crippen molar-refractivity contribution in [3.05, 3.63) is 58.9 Å². The van der Waals surface area contributed by atoms with E-state index < -0.39 is 10.0 Å². The number of benzene rings is 2. The average molecular weight is 460 g/mol. The summed E-state index contributed by atoms with van der Waals surface area (Å²) in [5, 5.41) is 3.10. The first-order valence-corrected chi connectivity index (χ1v) is 12.3. The van der Waals surface area contributed by atoms with Gasteiger partial charge in [0.1, 0.15) is 21.4 Å². The topological polar surface area (TPSA) is 72.0 Å². The predicted octanol–water partition coefficient (Wildman–Crippen LogP) is 3.33. The molecule has 7 nitrogen and oxygen atoms in total. The predicted molar refractivity (Wildman–Crippen MR) is 121 cm³/mol. The summed E-state index contributed by atoms with van der Waals surface area (Å²) >= 11 is 1.64. The lowest BCUT2D eigenvalue weighted by molar-refractivity contribution is 0.181. The van der Waals surface area contributed by atoms with Crippen LogP contribution >= 0.6 is 11.3 Å². The molecular weight excluding hydrogens is 434 g/mol. The summed E-state index contributed by atoms with van der Waals surface area (Å²) in [6.07, 6.45) is 0. The Balaban J connectivity index is 1.41. The maximum atomic E-state index is 13.2. The lowest BCUT2D eigenvalue weighted by Crippen LogP contribution is -2.48. The number of hydrogen-bond acceptors (Lipinski definition) is 7. The molecule has 1 saturated heterocycles. The van der Waals surface area contributed by atoms with Crippen LogP contribution in [0.5, 0.6) is 11.5 Å². The summed E-state index contributed by atoms with van der Waals surface area (Å²) < 4.78 is 38.4. The molecule has 0 amide bonds. The summed E-state index contributed by atoms with van der Waals surface area (Å²) in [6, 6.07) is 14.9. The summed E-state index contributed by atoms with van der Waals surface area (Å²) in [5.41, 5.74) is 2.08. The van der Waals surface area contributed by atoms with Gasteiger partial charge in [-0.1, -0.05) is 30.3 Å². The van der Waals surface area contributed by atoms with E-state index in [2.05, 4.69) is 22.4 Å². The zero-order valence-electron chi connectivity index (χ0n) is 17.5. The van der Waals surface area contributed by atoms with Gasteiger partial charge in [-0.3, -0.25) is 4.90 Å². The summed E-state index contributed by atoms with van der Waals surface area (Å²) in [7, 11) is -0.695. The molecule has 1 aliphatic rings. The van der Waals surface area contributed by atoms with Gasteiger partial charge in [-0.15, -0.1) is 11.3 Å². The van der Waals surface area contributed by atoms with Crippen LogP contribution in [0.15, 0.2) is 58.8 Å². The Morgan fingerprint density at radius 3 is 2.42 bits per heavy atom. The van der Waals surface area contributed by atoms with E-state index in [1.54, 1.807) is 23.5 Å². The van der Waals surface area contributed by atoms with Crippen LogP contribution in [0.25, 0.3) is 11.3 Å². The number of sulfonamides is 1. The van der Waals surface area contributed by atoms with Gasteiger partial charge in [0.05, 0.1) is 26.5 Å². The van der Waals surface area contributed by atoms with Gasteiger partial charge in [0.2, 0.25) is 10.0 Å². The Hall–Kier alpha value is -2.46. The lowest BCUT2D eigenvalue weighted by Gasteiger charge is -2.33. The zero-order valence-corrected chi connectivity index (χ0v) is 19.2. The fraction of sp³-hybridized carbons (Fsp3) is 0.318. The summed E-state index contributed by atoms with van der Waals surface area (Å²) in [5.74, 6) is 0.801. The van der Waals surface area contributed by atoms with Crippen molar-refractivity contribution in [2.24, 2.45) is 0 Å². The average Bonchev–Trinajstić information content (AvgIpc) is 3.28. The Kier molecular flexibility index (Phi) is 6.57. The van der Waals surface area contributed by atoms with Crippen LogP contribution in [0.2, 0.25) is 0 Å². The molecule has 0 bridgehead atoms. The van der Waals surface area contributed by atoms with Gasteiger partial charge in [0.15, 0.2) is 0 Å². The smallest absolute Gasteiger partial charge is 0.246 e. The van der Waals surface area contributed by atoms with Crippen LogP contribution in [0.1, 0.15) is 5.01 Å². The first-order valence-electron chi connectivity index (χ1n) is 9.95. The first-order chi connectivity index (χ1) is 15.0. The quantitative estimate of drug-likeness (QED) is 0.540. The third-order valence-electron chi connectivity index (χ3n) is 5.30. The standard InChI is InChI=1S/C22H25N3O4S2/c1-28-18-8-9-20(29-2)21(14-18)31(26,27)25-12-10-24(11-13-25)15-22-23-19(16-30-22)17-6-4-3-5-7-17/h3-9,14,16H,10-13,15H2,1-2H3. The van der Waals surface area contributed by atoms with Gasteiger partial charge in [-0.25, -0.2) is 13.4 Å². The van der Waals surface area contributed by atoms with Crippen molar-refractivity contribution in [3.63, 3.8) is 0 Å². The molecule has 0 aliphatic carbocycles. The molecule has 4 rings (SSSR count). The maximum Gasteiger partial charge on any atom is 0.246 e. The van der Waals surface area contributed by atoms with Crippen LogP contribution < -0.4 is 9.47 Å². The molecular formula is C22H25N3O4S2. The molecule has 31 heavy (non-hydrogen) atoms. The highest BCUT2D eigenvalue weighted by molar-refractivity contribution is 7.89. The highest BCUT2D eigenvalue weighted by Crippen LogP contribution is 2.31. The van der Waals surface area contributed by atoms with Crippen LogP contribution in [0.3, 0.4) is 0 Å². The minimum absolute atomic E-state index is 0.134. The molecule has 2 heterocycles. The van der Waals surface area contributed by atoms with Crippen molar-refractivity contribution < 1.29 is 17.9 Å². The molecule has 3 aromatic rings. The fourth-order valence-electron chi connectivity index (χ4n) is 3.57. The highest BCUT2D eigenvalue weighted by atomic mass is 32.2. The molecule has 0 radical (unpaired) electrons. The van der Waals surface area contributed by atoms with Crippen molar-refractivity contribution in [2.75, 3.05) is 40.4 Å². The minimum atomic E-state index is -3.68. The number of aromatic nitrogens is 1. The molecule has 0 atom stereocenters. The van der Waals surface area contributed by atoms with Crippen molar-refractivity contribution in [1.82, 2.24) is 14.2 Å². The number of nitrogens with zero attached hydrogens (tertiary/aromatic N) is 3. The van der Waals surface area contributed by atoms with E-state index in [1.807, 2.05) is 18.2 Å². The Labute approximate surface area is 186 Å². The third kappa shape index (κ3) is 4.74. The fourth-order valence-corrected chi connectivity index (χ4v) is 6.01. The third-order valence-corrected chi connectivity index (χ3v) is 8.05. The van der Waals surface area contributed by atoms with Crippen LogP contribution in [-0.2, 0) is 16.6 Å². The van der Waals surface area contributed by atoms with E-state index in [1.165, 1.54) is 24.6 Å². The number of methoxy groups -OCH3 is 2. The molecule has 1 aromatic heterocycles. The van der Waals surface area contributed by atoms with Gasteiger partial charge in [0.25, 0.3) is 0 Å². The highest BCUT2D eigenvalue weighted by Gasteiger charge is 2.31. The van der Waals surface area contributed by atoms with Gasteiger partial charge in [-0.2, -0.15) is 4.31 Å². The second kappa shape index (κ2) is 9.35. The number of thiazole rings is 1. The van der Waals surface area contributed by atoms with E-state index in [0.717, 1.165) is 16.3 Å². The second-order valence-electron chi connectivity index (χ2n) is 7.19. The molecule has 0 spiro atoms. The lowest BCUT2D eigenvalue weighted by atomic mass is 10.2. The molecule has 9 heteroatoms. The molecule has 2 aromatic carbocycles.